The standard InChI is InChI=1S/C26H27NO4S2/c1-18-7-11-22(12-8-18)32(28,29)24-16-21-15-20-5-3-4-6-25(20)26(17-24)27(21)33(30,31)23-13-9-19(2)10-14-23/h3-14,21,24,26H,15-17H2,1-2H3/t21-,24?,26-/m0/s1. The molecule has 1 fully saturated rings. The molecule has 2 aliphatic rings. The highest BCUT2D eigenvalue weighted by atomic mass is 32.2. The molecule has 0 spiro atoms. The fourth-order valence-corrected chi connectivity index (χ4v) is 8.84. The number of fused-ring (bicyclic) bond motifs is 4. The number of rotatable bonds is 4. The van der Waals surface area contributed by atoms with Gasteiger partial charge >= 0.3 is 0 Å². The highest BCUT2D eigenvalue weighted by Crippen LogP contribution is 2.47. The zero-order valence-corrected chi connectivity index (χ0v) is 20.3. The molecule has 1 unspecified atom stereocenters. The fraction of sp³-hybridized carbons (Fsp3) is 0.308. The molecule has 0 aliphatic carbocycles. The van der Waals surface area contributed by atoms with Gasteiger partial charge in [0.2, 0.25) is 10.0 Å². The quantitative estimate of drug-likeness (QED) is 0.546. The minimum absolute atomic E-state index is 0.245. The SMILES string of the molecule is Cc1ccc(S(=O)(=O)C2C[C@@H]3Cc4ccccc4[C@H](C2)N3S(=O)(=O)c2ccc(C)cc2)cc1. The van der Waals surface area contributed by atoms with Crippen molar-refractivity contribution in [1.82, 2.24) is 4.31 Å². The number of sulfone groups is 1. The molecule has 1 saturated heterocycles. The third-order valence-corrected chi connectivity index (χ3v) is 11.1. The predicted octanol–water partition coefficient (Wildman–Crippen LogP) is 4.60. The molecular weight excluding hydrogens is 454 g/mol. The molecule has 172 valence electrons. The number of nitrogens with zero attached hydrogens (tertiary/aromatic N) is 1. The van der Waals surface area contributed by atoms with Crippen LogP contribution in [-0.4, -0.2) is 32.4 Å². The Morgan fingerprint density at radius 3 is 1.94 bits per heavy atom. The summed E-state index contributed by atoms with van der Waals surface area (Å²) in [6, 6.07) is 20.7. The van der Waals surface area contributed by atoms with Crippen molar-refractivity contribution in [2.24, 2.45) is 0 Å². The fourth-order valence-electron chi connectivity index (χ4n) is 5.22. The van der Waals surface area contributed by atoms with Gasteiger partial charge in [-0.15, -0.1) is 0 Å². The largest absolute Gasteiger partial charge is 0.243 e. The van der Waals surface area contributed by atoms with E-state index < -0.39 is 37.2 Å². The van der Waals surface area contributed by atoms with Crippen LogP contribution in [0.5, 0.6) is 0 Å². The first kappa shape index (κ1) is 22.3. The second kappa shape index (κ2) is 8.08. The van der Waals surface area contributed by atoms with Crippen LogP contribution in [0.25, 0.3) is 0 Å². The van der Waals surface area contributed by atoms with Crippen LogP contribution in [0.3, 0.4) is 0 Å². The van der Waals surface area contributed by atoms with Crippen LogP contribution in [0, 0.1) is 13.8 Å². The normalized spacial score (nSPS) is 23.2. The Kier molecular flexibility index (Phi) is 5.46. The van der Waals surface area contributed by atoms with Crippen molar-refractivity contribution >= 4 is 19.9 Å². The molecule has 5 nitrogen and oxygen atoms in total. The predicted molar refractivity (Wildman–Crippen MR) is 128 cm³/mol. The average molecular weight is 482 g/mol. The van der Waals surface area contributed by atoms with Crippen molar-refractivity contribution in [2.45, 2.75) is 60.2 Å². The Morgan fingerprint density at radius 1 is 0.727 bits per heavy atom. The highest BCUT2D eigenvalue weighted by Gasteiger charge is 2.50. The highest BCUT2D eigenvalue weighted by molar-refractivity contribution is 7.92. The number of hydrogen-bond donors (Lipinski definition) is 0. The van der Waals surface area contributed by atoms with E-state index in [2.05, 4.69) is 0 Å². The lowest BCUT2D eigenvalue weighted by atomic mass is 9.82. The van der Waals surface area contributed by atoms with Gasteiger partial charge in [-0.05, 0) is 68.5 Å². The first-order valence-corrected chi connectivity index (χ1v) is 14.1. The Morgan fingerprint density at radius 2 is 1.30 bits per heavy atom. The Labute approximate surface area is 196 Å². The summed E-state index contributed by atoms with van der Waals surface area (Å²) >= 11 is 0. The lowest BCUT2D eigenvalue weighted by molar-refractivity contribution is 0.165. The van der Waals surface area contributed by atoms with E-state index in [0.717, 1.165) is 22.3 Å². The van der Waals surface area contributed by atoms with Crippen LogP contribution in [0.4, 0.5) is 0 Å². The second-order valence-corrected chi connectivity index (χ2v) is 13.2. The van der Waals surface area contributed by atoms with Crippen LogP contribution in [0.15, 0.2) is 82.6 Å². The number of hydrogen-bond acceptors (Lipinski definition) is 4. The van der Waals surface area contributed by atoms with Crippen molar-refractivity contribution in [3.05, 3.63) is 95.1 Å². The van der Waals surface area contributed by atoms with Crippen molar-refractivity contribution in [2.75, 3.05) is 0 Å². The van der Waals surface area contributed by atoms with E-state index in [1.807, 2.05) is 38.1 Å². The molecule has 2 heterocycles. The van der Waals surface area contributed by atoms with Gasteiger partial charge in [-0.3, -0.25) is 0 Å². The molecule has 3 atom stereocenters. The van der Waals surface area contributed by atoms with Crippen molar-refractivity contribution in [3.8, 4) is 0 Å². The van der Waals surface area contributed by atoms with Crippen molar-refractivity contribution in [1.29, 1.82) is 0 Å². The summed E-state index contributed by atoms with van der Waals surface area (Å²) in [7, 11) is -7.37. The average Bonchev–Trinajstić information content (AvgIpc) is 2.79. The molecule has 7 heteroatoms. The minimum Gasteiger partial charge on any atom is -0.223 e. The Hall–Kier alpha value is -2.48. The van der Waals surface area contributed by atoms with E-state index in [1.165, 1.54) is 0 Å². The Bertz CT molecular complexity index is 1400. The monoisotopic (exact) mass is 481 g/mol. The number of piperidine rings is 1. The summed E-state index contributed by atoms with van der Waals surface area (Å²) in [6.45, 7) is 3.84. The summed E-state index contributed by atoms with van der Waals surface area (Å²) in [4.78, 5) is 0.557. The first-order chi connectivity index (χ1) is 15.7. The molecule has 2 bridgehead atoms. The molecule has 3 aromatic rings. The summed E-state index contributed by atoms with van der Waals surface area (Å²) < 4.78 is 56.2. The second-order valence-electron chi connectivity index (χ2n) is 9.17. The summed E-state index contributed by atoms with van der Waals surface area (Å²) in [5, 5.41) is -0.631. The van der Waals surface area contributed by atoms with Gasteiger partial charge in [-0.1, -0.05) is 59.7 Å². The number of aryl methyl sites for hydroxylation is 2. The summed E-state index contributed by atoms with van der Waals surface area (Å²) in [6.07, 6.45) is 1.04. The third kappa shape index (κ3) is 3.82. The number of sulfonamides is 1. The van der Waals surface area contributed by atoms with Gasteiger partial charge in [0.05, 0.1) is 21.1 Å². The van der Waals surface area contributed by atoms with E-state index in [1.54, 1.807) is 52.8 Å². The molecular formula is C26H27NO4S2. The maximum Gasteiger partial charge on any atom is 0.243 e. The van der Waals surface area contributed by atoms with Crippen molar-refractivity contribution in [3.63, 3.8) is 0 Å². The zero-order chi connectivity index (χ0) is 23.4. The molecule has 3 aromatic carbocycles. The zero-order valence-electron chi connectivity index (χ0n) is 18.7. The number of benzene rings is 3. The third-order valence-electron chi connectivity index (χ3n) is 6.94. The molecule has 5 rings (SSSR count). The van der Waals surface area contributed by atoms with Crippen LogP contribution < -0.4 is 0 Å². The van der Waals surface area contributed by atoms with Gasteiger partial charge in [-0.2, -0.15) is 4.31 Å². The molecule has 0 N–H and O–H groups in total. The van der Waals surface area contributed by atoms with Crippen molar-refractivity contribution < 1.29 is 16.8 Å². The van der Waals surface area contributed by atoms with Crippen LogP contribution in [0.1, 0.15) is 41.1 Å². The van der Waals surface area contributed by atoms with Gasteiger partial charge in [0.15, 0.2) is 9.84 Å². The smallest absolute Gasteiger partial charge is 0.223 e. The first-order valence-electron chi connectivity index (χ1n) is 11.2. The maximum atomic E-state index is 13.8. The molecule has 0 aromatic heterocycles. The van der Waals surface area contributed by atoms with Gasteiger partial charge in [-0.25, -0.2) is 16.8 Å². The van der Waals surface area contributed by atoms with E-state index in [4.69, 9.17) is 0 Å². The van der Waals surface area contributed by atoms with Crippen LogP contribution in [-0.2, 0) is 26.3 Å². The van der Waals surface area contributed by atoms with Crippen LogP contribution >= 0.6 is 0 Å². The minimum atomic E-state index is -3.78. The topological polar surface area (TPSA) is 71.5 Å². The summed E-state index contributed by atoms with van der Waals surface area (Å²) in [5.74, 6) is 0. The molecule has 0 amide bonds. The van der Waals surface area contributed by atoms with E-state index in [-0.39, 0.29) is 17.7 Å². The lowest BCUT2D eigenvalue weighted by Crippen LogP contribution is -2.54. The van der Waals surface area contributed by atoms with E-state index >= 15 is 0 Å². The lowest BCUT2D eigenvalue weighted by Gasteiger charge is -2.48. The van der Waals surface area contributed by atoms with Crippen LogP contribution in [0.2, 0.25) is 0 Å². The van der Waals surface area contributed by atoms with Gasteiger partial charge in [0.1, 0.15) is 0 Å². The maximum absolute atomic E-state index is 13.8. The molecule has 0 saturated carbocycles. The van der Waals surface area contributed by atoms with Gasteiger partial charge in [0.25, 0.3) is 0 Å². The van der Waals surface area contributed by atoms with E-state index in [0.29, 0.717) is 11.3 Å². The Balaban J connectivity index is 1.58. The molecule has 33 heavy (non-hydrogen) atoms. The van der Waals surface area contributed by atoms with Gasteiger partial charge in [0, 0.05) is 6.04 Å². The summed E-state index contributed by atoms with van der Waals surface area (Å²) in [5.41, 5.74) is 4.00. The molecule has 0 radical (unpaired) electrons. The van der Waals surface area contributed by atoms with Gasteiger partial charge < -0.3 is 0 Å². The van der Waals surface area contributed by atoms with E-state index in [9.17, 15) is 16.8 Å². The molecule has 2 aliphatic heterocycles.